The maximum absolute atomic E-state index is 12.8. The Bertz CT molecular complexity index is 904. The molecular weight excluding hydrogens is 352 g/mol. The molecule has 2 rings (SSSR count). The zero-order valence-corrected chi connectivity index (χ0v) is 16.2. The minimum absolute atomic E-state index is 0.0122. The standard InChI is InChI=1S/C19H24N2O4S/c1-5-21(6-2)26(23,24)18-12-16(11-10-14(18)3)20-13-15-8-7-9-17(25-4)19(15)22/h7-13,22H,5-6H2,1-4H3. The predicted molar refractivity (Wildman–Crippen MR) is 103 cm³/mol. The van der Waals surface area contributed by atoms with Crippen LogP contribution in [0.4, 0.5) is 5.69 Å². The third-order valence-electron chi connectivity index (χ3n) is 4.10. The van der Waals surface area contributed by atoms with E-state index in [2.05, 4.69) is 4.99 Å². The Morgan fingerprint density at radius 2 is 1.88 bits per heavy atom. The maximum Gasteiger partial charge on any atom is 0.243 e. The molecule has 0 aliphatic rings. The molecule has 1 N–H and O–H groups in total. The highest BCUT2D eigenvalue weighted by Crippen LogP contribution is 2.29. The van der Waals surface area contributed by atoms with Crippen molar-refractivity contribution in [2.45, 2.75) is 25.7 Å². The number of aliphatic imine (C=N–C) groups is 1. The normalized spacial score (nSPS) is 12.0. The summed E-state index contributed by atoms with van der Waals surface area (Å²) in [4.78, 5) is 4.56. The number of phenols is 1. The van der Waals surface area contributed by atoms with Crippen LogP contribution in [0.5, 0.6) is 11.5 Å². The number of methoxy groups -OCH3 is 1. The van der Waals surface area contributed by atoms with E-state index in [1.165, 1.54) is 17.6 Å². The van der Waals surface area contributed by atoms with Gasteiger partial charge in [-0.05, 0) is 36.8 Å². The number of hydrogen-bond donors (Lipinski definition) is 1. The second-order valence-corrected chi connectivity index (χ2v) is 7.60. The molecule has 0 unspecified atom stereocenters. The molecule has 0 aliphatic carbocycles. The van der Waals surface area contributed by atoms with Gasteiger partial charge in [0.15, 0.2) is 11.5 Å². The number of ether oxygens (including phenoxy) is 1. The number of sulfonamides is 1. The second kappa shape index (κ2) is 8.33. The van der Waals surface area contributed by atoms with Crippen LogP contribution in [0.15, 0.2) is 46.3 Å². The molecule has 0 spiro atoms. The fourth-order valence-corrected chi connectivity index (χ4v) is 4.30. The summed E-state index contributed by atoms with van der Waals surface area (Å²) in [5, 5.41) is 10.1. The molecule has 7 heteroatoms. The molecule has 26 heavy (non-hydrogen) atoms. The first kappa shape index (κ1) is 19.9. The zero-order valence-electron chi connectivity index (χ0n) is 15.4. The Balaban J connectivity index is 2.42. The van der Waals surface area contributed by atoms with E-state index >= 15 is 0 Å². The highest BCUT2D eigenvalue weighted by molar-refractivity contribution is 7.89. The van der Waals surface area contributed by atoms with Gasteiger partial charge in [0, 0.05) is 24.9 Å². The molecule has 0 fully saturated rings. The third kappa shape index (κ3) is 4.05. The van der Waals surface area contributed by atoms with E-state index in [0.717, 1.165) is 0 Å². The van der Waals surface area contributed by atoms with E-state index in [0.29, 0.717) is 35.7 Å². The van der Waals surface area contributed by atoms with Crippen LogP contribution in [0.1, 0.15) is 25.0 Å². The van der Waals surface area contributed by atoms with Gasteiger partial charge in [0.1, 0.15) is 0 Å². The van der Waals surface area contributed by atoms with Gasteiger partial charge in [0.2, 0.25) is 10.0 Å². The van der Waals surface area contributed by atoms with Crippen LogP contribution in [0, 0.1) is 6.92 Å². The summed E-state index contributed by atoms with van der Waals surface area (Å²) in [6.45, 7) is 6.19. The van der Waals surface area contributed by atoms with Gasteiger partial charge in [0.05, 0.1) is 17.7 Å². The van der Waals surface area contributed by atoms with Crippen molar-refractivity contribution in [3.63, 3.8) is 0 Å². The highest BCUT2D eigenvalue weighted by Gasteiger charge is 2.23. The summed E-state index contributed by atoms with van der Waals surface area (Å²) >= 11 is 0. The van der Waals surface area contributed by atoms with Crippen LogP contribution < -0.4 is 4.74 Å². The fraction of sp³-hybridized carbons (Fsp3) is 0.316. The first-order chi connectivity index (χ1) is 12.3. The lowest BCUT2D eigenvalue weighted by atomic mass is 10.2. The van der Waals surface area contributed by atoms with Gasteiger partial charge in [-0.3, -0.25) is 4.99 Å². The van der Waals surface area contributed by atoms with Gasteiger partial charge in [-0.15, -0.1) is 0 Å². The molecule has 140 valence electrons. The Labute approximate surface area is 154 Å². The lowest BCUT2D eigenvalue weighted by molar-refractivity contribution is 0.373. The van der Waals surface area contributed by atoms with Crippen molar-refractivity contribution in [2.75, 3.05) is 20.2 Å². The summed E-state index contributed by atoms with van der Waals surface area (Å²) in [7, 11) is -2.09. The summed E-state index contributed by atoms with van der Waals surface area (Å²) in [6.07, 6.45) is 1.48. The van der Waals surface area contributed by atoms with Crippen molar-refractivity contribution in [1.82, 2.24) is 4.31 Å². The van der Waals surface area contributed by atoms with Gasteiger partial charge in [0.25, 0.3) is 0 Å². The third-order valence-corrected chi connectivity index (χ3v) is 6.29. The van der Waals surface area contributed by atoms with Gasteiger partial charge in [-0.2, -0.15) is 4.31 Å². The Kier molecular flexibility index (Phi) is 6.39. The molecule has 2 aromatic carbocycles. The number of nitrogens with zero attached hydrogens (tertiary/aromatic N) is 2. The quantitative estimate of drug-likeness (QED) is 0.750. The van der Waals surface area contributed by atoms with E-state index in [4.69, 9.17) is 4.74 Å². The number of rotatable bonds is 7. The SMILES string of the molecule is CCN(CC)S(=O)(=O)c1cc(N=Cc2cccc(OC)c2O)ccc1C. The van der Waals surface area contributed by atoms with E-state index in [1.807, 2.05) is 13.8 Å². The van der Waals surface area contributed by atoms with Crippen LogP contribution in [0.3, 0.4) is 0 Å². The molecule has 0 heterocycles. The lowest BCUT2D eigenvalue weighted by Crippen LogP contribution is -2.31. The average molecular weight is 376 g/mol. The molecule has 0 saturated carbocycles. The van der Waals surface area contributed by atoms with Crippen molar-refractivity contribution in [3.05, 3.63) is 47.5 Å². The minimum atomic E-state index is -3.57. The van der Waals surface area contributed by atoms with Crippen molar-refractivity contribution in [3.8, 4) is 11.5 Å². The van der Waals surface area contributed by atoms with Crippen LogP contribution in [0.2, 0.25) is 0 Å². The molecule has 0 radical (unpaired) electrons. The van der Waals surface area contributed by atoms with Gasteiger partial charge in [-0.1, -0.05) is 26.0 Å². The molecule has 0 aliphatic heterocycles. The van der Waals surface area contributed by atoms with E-state index < -0.39 is 10.0 Å². The summed E-state index contributed by atoms with van der Waals surface area (Å²) in [5.74, 6) is 0.338. The number of benzene rings is 2. The number of aromatic hydroxyl groups is 1. The minimum Gasteiger partial charge on any atom is -0.504 e. The van der Waals surface area contributed by atoms with Crippen molar-refractivity contribution >= 4 is 21.9 Å². The predicted octanol–water partition coefficient (Wildman–Crippen LogP) is 3.49. The monoisotopic (exact) mass is 376 g/mol. The number of phenolic OH excluding ortho intramolecular Hbond substituents is 1. The summed E-state index contributed by atoms with van der Waals surface area (Å²) < 4.78 is 32.1. The largest absolute Gasteiger partial charge is 0.504 e. The molecule has 0 atom stereocenters. The Hall–Kier alpha value is -2.38. The highest BCUT2D eigenvalue weighted by atomic mass is 32.2. The Morgan fingerprint density at radius 1 is 1.19 bits per heavy atom. The van der Waals surface area contributed by atoms with Gasteiger partial charge in [-0.25, -0.2) is 8.42 Å². The van der Waals surface area contributed by atoms with Crippen molar-refractivity contribution in [2.24, 2.45) is 4.99 Å². The molecule has 2 aromatic rings. The molecular formula is C19H24N2O4S. The smallest absolute Gasteiger partial charge is 0.243 e. The van der Waals surface area contributed by atoms with E-state index in [1.54, 1.807) is 43.3 Å². The van der Waals surface area contributed by atoms with Crippen LogP contribution >= 0.6 is 0 Å². The van der Waals surface area contributed by atoms with E-state index in [-0.39, 0.29) is 10.6 Å². The molecule has 6 nitrogen and oxygen atoms in total. The van der Waals surface area contributed by atoms with E-state index in [9.17, 15) is 13.5 Å². The van der Waals surface area contributed by atoms with Gasteiger partial charge < -0.3 is 9.84 Å². The maximum atomic E-state index is 12.8. The topological polar surface area (TPSA) is 79.2 Å². The summed E-state index contributed by atoms with van der Waals surface area (Å²) in [5.41, 5.74) is 1.64. The van der Waals surface area contributed by atoms with Crippen LogP contribution in [-0.2, 0) is 10.0 Å². The number of aryl methyl sites for hydroxylation is 1. The van der Waals surface area contributed by atoms with Crippen LogP contribution in [-0.4, -0.2) is 44.2 Å². The fourth-order valence-electron chi connectivity index (χ4n) is 2.60. The molecule has 0 saturated heterocycles. The summed E-state index contributed by atoms with van der Waals surface area (Å²) in [6, 6.07) is 10.1. The number of para-hydroxylation sites is 1. The molecule has 0 aromatic heterocycles. The van der Waals surface area contributed by atoms with Crippen molar-refractivity contribution < 1.29 is 18.3 Å². The molecule has 0 amide bonds. The number of hydrogen-bond acceptors (Lipinski definition) is 5. The van der Waals surface area contributed by atoms with Crippen molar-refractivity contribution in [1.29, 1.82) is 0 Å². The lowest BCUT2D eigenvalue weighted by Gasteiger charge is -2.19. The second-order valence-electron chi connectivity index (χ2n) is 5.70. The average Bonchev–Trinajstić information content (AvgIpc) is 2.62. The first-order valence-corrected chi connectivity index (χ1v) is 9.80. The first-order valence-electron chi connectivity index (χ1n) is 8.36. The Morgan fingerprint density at radius 3 is 2.50 bits per heavy atom. The van der Waals surface area contributed by atoms with Crippen LogP contribution in [0.25, 0.3) is 0 Å². The zero-order chi connectivity index (χ0) is 19.3. The molecule has 0 bridgehead atoms. The van der Waals surface area contributed by atoms with Gasteiger partial charge >= 0.3 is 0 Å².